The van der Waals surface area contributed by atoms with E-state index in [1.165, 1.54) is 12.1 Å². The smallest absolute Gasteiger partial charge is 0.379 e. The topological polar surface area (TPSA) is 63.6 Å². The number of benzene rings is 1. The number of ketones is 1. The first kappa shape index (κ1) is 14.4. The molecule has 0 atom stereocenters. The number of aliphatic hydroxyl groups is 1. The number of carbonyl (C=O) groups is 2. The monoisotopic (exact) mass is 316 g/mol. The Morgan fingerprint density at radius 2 is 2.17 bits per heavy atom. The standard InChI is InChI=1S/C12H10BrFO4/c1-2-18-12(17)11(16)6-10(15)7-3-4-9(14)8(13)5-7/h3-6,15H,2H2,1H3/b10-6-. The van der Waals surface area contributed by atoms with Crippen molar-refractivity contribution in [2.45, 2.75) is 6.92 Å². The van der Waals surface area contributed by atoms with E-state index >= 15 is 0 Å². The summed E-state index contributed by atoms with van der Waals surface area (Å²) in [5.74, 6) is -2.96. The summed E-state index contributed by atoms with van der Waals surface area (Å²) >= 11 is 2.94. The molecule has 0 saturated carbocycles. The fourth-order valence-corrected chi connectivity index (χ4v) is 1.50. The zero-order chi connectivity index (χ0) is 13.7. The van der Waals surface area contributed by atoms with Gasteiger partial charge < -0.3 is 9.84 Å². The van der Waals surface area contributed by atoms with E-state index in [0.717, 1.165) is 12.1 Å². The van der Waals surface area contributed by atoms with Crippen LogP contribution in [0, 0.1) is 5.82 Å². The molecule has 18 heavy (non-hydrogen) atoms. The van der Waals surface area contributed by atoms with Crippen LogP contribution in [0.4, 0.5) is 4.39 Å². The first-order chi connectivity index (χ1) is 8.45. The molecule has 0 bridgehead atoms. The average Bonchev–Trinajstić information content (AvgIpc) is 2.32. The number of rotatable bonds is 4. The van der Waals surface area contributed by atoms with Crippen LogP contribution in [0.1, 0.15) is 12.5 Å². The first-order valence-corrected chi connectivity index (χ1v) is 5.82. The van der Waals surface area contributed by atoms with E-state index in [-0.39, 0.29) is 16.6 Å². The third kappa shape index (κ3) is 3.66. The van der Waals surface area contributed by atoms with Crippen LogP contribution in [-0.4, -0.2) is 23.5 Å². The Balaban J connectivity index is 2.92. The second kappa shape index (κ2) is 6.30. The van der Waals surface area contributed by atoms with Gasteiger partial charge in [-0.3, -0.25) is 4.79 Å². The third-order valence-electron chi connectivity index (χ3n) is 1.96. The molecule has 0 heterocycles. The highest BCUT2D eigenvalue weighted by atomic mass is 79.9. The zero-order valence-corrected chi connectivity index (χ0v) is 11.0. The maximum absolute atomic E-state index is 13.0. The normalized spacial score (nSPS) is 11.2. The molecule has 0 radical (unpaired) electrons. The van der Waals surface area contributed by atoms with Crippen LogP contribution < -0.4 is 0 Å². The van der Waals surface area contributed by atoms with E-state index in [4.69, 9.17) is 0 Å². The van der Waals surface area contributed by atoms with Gasteiger partial charge in [-0.05, 0) is 41.1 Å². The van der Waals surface area contributed by atoms with Crippen LogP contribution in [0.3, 0.4) is 0 Å². The predicted molar refractivity (Wildman–Crippen MR) is 66.3 cm³/mol. The number of ether oxygens (including phenoxy) is 1. The molecule has 0 saturated heterocycles. The van der Waals surface area contributed by atoms with Crippen LogP contribution in [0.15, 0.2) is 28.7 Å². The molecule has 4 nitrogen and oxygen atoms in total. The molecule has 0 aliphatic carbocycles. The van der Waals surface area contributed by atoms with Gasteiger partial charge in [0.2, 0.25) is 0 Å². The van der Waals surface area contributed by atoms with Crippen LogP contribution in [0.5, 0.6) is 0 Å². The van der Waals surface area contributed by atoms with Crippen molar-refractivity contribution in [2.75, 3.05) is 6.61 Å². The molecule has 0 unspecified atom stereocenters. The third-order valence-corrected chi connectivity index (χ3v) is 2.57. The van der Waals surface area contributed by atoms with Crippen LogP contribution in [0.2, 0.25) is 0 Å². The molecule has 1 aromatic rings. The van der Waals surface area contributed by atoms with Crippen LogP contribution in [-0.2, 0) is 14.3 Å². The molecule has 96 valence electrons. The Hall–Kier alpha value is -1.69. The minimum Gasteiger partial charge on any atom is -0.507 e. The first-order valence-electron chi connectivity index (χ1n) is 5.03. The quantitative estimate of drug-likeness (QED) is 0.401. The van der Waals surface area contributed by atoms with Gasteiger partial charge in [0.05, 0.1) is 11.1 Å². The Labute approximate surface area is 111 Å². The lowest BCUT2D eigenvalue weighted by atomic mass is 10.1. The molecule has 1 rings (SSSR count). The van der Waals surface area contributed by atoms with Crippen molar-refractivity contribution in [1.82, 2.24) is 0 Å². The molecule has 0 amide bonds. The van der Waals surface area contributed by atoms with Crippen molar-refractivity contribution >= 4 is 33.4 Å². The summed E-state index contributed by atoms with van der Waals surface area (Å²) in [6, 6.07) is 3.70. The van der Waals surface area contributed by atoms with E-state index < -0.39 is 23.3 Å². The van der Waals surface area contributed by atoms with Crippen molar-refractivity contribution in [3.05, 3.63) is 40.1 Å². The molecule has 1 N–H and O–H groups in total. The maximum atomic E-state index is 13.0. The lowest BCUT2D eigenvalue weighted by Crippen LogP contribution is -2.15. The number of halogens is 2. The predicted octanol–water partition coefficient (Wildman–Crippen LogP) is 2.62. The fourth-order valence-electron chi connectivity index (χ4n) is 1.12. The number of esters is 1. The molecule has 1 aromatic carbocycles. The number of aliphatic hydroxyl groups excluding tert-OH is 1. The number of hydrogen-bond acceptors (Lipinski definition) is 4. The van der Waals surface area contributed by atoms with Gasteiger partial charge in [0, 0.05) is 11.6 Å². The number of carbonyl (C=O) groups excluding carboxylic acids is 2. The largest absolute Gasteiger partial charge is 0.507 e. The lowest BCUT2D eigenvalue weighted by molar-refractivity contribution is -0.151. The van der Waals surface area contributed by atoms with Crippen molar-refractivity contribution in [2.24, 2.45) is 0 Å². The van der Waals surface area contributed by atoms with Crippen molar-refractivity contribution in [1.29, 1.82) is 0 Å². The van der Waals surface area contributed by atoms with Gasteiger partial charge in [-0.1, -0.05) is 0 Å². The van der Waals surface area contributed by atoms with Crippen molar-refractivity contribution in [3.8, 4) is 0 Å². The average molecular weight is 317 g/mol. The summed E-state index contributed by atoms with van der Waals surface area (Å²) in [5, 5.41) is 9.61. The molecule has 0 fully saturated rings. The summed E-state index contributed by atoms with van der Waals surface area (Å²) in [7, 11) is 0. The van der Waals surface area contributed by atoms with Gasteiger partial charge in [-0.25, -0.2) is 9.18 Å². The Morgan fingerprint density at radius 1 is 1.50 bits per heavy atom. The highest BCUT2D eigenvalue weighted by Gasteiger charge is 2.14. The van der Waals surface area contributed by atoms with E-state index in [9.17, 15) is 19.1 Å². The zero-order valence-electron chi connectivity index (χ0n) is 9.44. The summed E-state index contributed by atoms with van der Waals surface area (Å²) < 4.78 is 17.6. The summed E-state index contributed by atoms with van der Waals surface area (Å²) in [4.78, 5) is 22.3. The van der Waals surface area contributed by atoms with E-state index in [2.05, 4.69) is 20.7 Å². The van der Waals surface area contributed by atoms with Gasteiger partial charge in [0.1, 0.15) is 11.6 Å². The van der Waals surface area contributed by atoms with Gasteiger partial charge in [0.25, 0.3) is 5.78 Å². The maximum Gasteiger partial charge on any atom is 0.379 e. The van der Waals surface area contributed by atoms with Crippen LogP contribution >= 0.6 is 15.9 Å². The highest BCUT2D eigenvalue weighted by Crippen LogP contribution is 2.20. The Kier molecular flexibility index (Phi) is 5.03. The molecule has 6 heteroatoms. The number of hydrogen-bond donors (Lipinski definition) is 1. The van der Waals surface area contributed by atoms with Gasteiger partial charge in [0.15, 0.2) is 0 Å². The van der Waals surface area contributed by atoms with Crippen molar-refractivity contribution < 1.29 is 23.8 Å². The van der Waals surface area contributed by atoms with Gasteiger partial charge in [-0.15, -0.1) is 0 Å². The minimum absolute atomic E-state index is 0.0707. The van der Waals surface area contributed by atoms with Crippen molar-refractivity contribution in [3.63, 3.8) is 0 Å². The molecule has 0 aliphatic rings. The lowest BCUT2D eigenvalue weighted by Gasteiger charge is -2.02. The Morgan fingerprint density at radius 3 is 2.72 bits per heavy atom. The van der Waals surface area contributed by atoms with Gasteiger partial charge in [-0.2, -0.15) is 0 Å². The van der Waals surface area contributed by atoms with E-state index in [0.29, 0.717) is 0 Å². The fraction of sp³-hybridized carbons (Fsp3) is 0.167. The van der Waals surface area contributed by atoms with Gasteiger partial charge >= 0.3 is 5.97 Å². The summed E-state index contributed by atoms with van der Waals surface area (Å²) in [6.07, 6.45) is 0.734. The molecule has 0 aromatic heterocycles. The second-order valence-electron chi connectivity index (χ2n) is 3.24. The van der Waals surface area contributed by atoms with E-state index in [1.807, 2.05) is 0 Å². The summed E-state index contributed by atoms with van der Waals surface area (Å²) in [6.45, 7) is 1.63. The highest BCUT2D eigenvalue weighted by molar-refractivity contribution is 9.10. The Bertz CT molecular complexity index is 511. The minimum atomic E-state index is -1.05. The summed E-state index contributed by atoms with van der Waals surface area (Å²) in [5.41, 5.74) is 0.209. The van der Waals surface area contributed by atoms with E-state index in [1.54, 1.807) is 6.92 Å². The van der Waals surface area contributed by atoms with Crippen LogP contribution in [0.25, 0.3) is 5.76 Å². The molecule has 0 aliphatic heterocycles. The molecular formula is C12H10BrFO4. The SMILES string of the molecule is CCOC(=O)C(=O)/C=C(\O)c1ccc(F)c(Br)c1. The molecular weight excluding hydrogens is 307 g/mol. The molecule has 0 spiro atoms. The second-order valence-corrected chi connectivity index (χ2v) is 4.10.